The van der Waals surface area contributed by atoms with Crippen LogP contribution < -0.4 is 4.90 Å². The number of benzene rings is 1. The topological polar surface area (TPSA) is 50.5 Å². The summed E-state index contributed by atoms with van der Waals surface area (Å²) >= 11 is 1.61. The van der Waals surface area contributed by atoms with Gasteiger partial charge in [-0.2, -0.15) is 4.91 Å². The molecule has 0 aliphatic rings. The summed E-state index contributed by atoms with van der Waals surface area (Å²) < 4.78 is 2.02. The first kappa shape index (κ1) is 18.2. The molecule has 0 saturated carbocycles. The number of hydrogen-bond donors (Lipinski definition) is 0. The summed E-state index contributed by atoms with van der Waals surface area (Å²) in [7, 11) is 5.93. The van der Waals surface area contributed by atoms with Crippen LogP contribution in [0.4, 0.5) is 5.82 Å². The van der Waals surface area contributed by atoms with Gasteiger partial charge in [0.15, 0.2) is 0 Å². The van der Waals surface area contributed by atoms with Gasteiger partial charge in [-0.25, -0.2) is 4.98 Å². The third kappa shape index (κ3) is 3.37. The molecular weight excluding hydrogens is 344 g/mol. The third-order valence-electron chi connectivity index (χ3n) is 4.46. The molecule has 0 spiro atoms. The predicted octanol–water partition coefficient (Wildman–Crippen LogP) is 4.69. The Hall–Kier alpha value is -2.60. The largest absolute Gasteiger partial charge is 0.363 e. The van der Waals surface area contributed by atoms with Crippen LogP contribution in [0.5, 0.6) is 0 Å². The van der Waals surface area contributed by atoms with Gasteiger partial charge in [0.2, 0.25) is 0 Å². The second-order valence-electron chi connectivity index (χ2n) is 6.41. The van der Waals surface area contributed by atoms with Crippen molar-refractivity contribution in [2.45, 2.75) is 11.6 Å². The van der Waals surface area contributed by atoms with Crippen LogP contribution in [0, 0.1) is 4.91 Å². The number of nitroso groups, excluding NO2 is 1. The minimum absolute atomic E-state index is 0.171. The van der Waals surface area contributed by atoms with E-state index in [0.717, 1.165) is 44.0 Å². The molecule has 6 heteroatoms. The number of fused-ring (bicyclic) bond motifs is 1. The van der Waals surface area contributed by atoms with E-state index in [1.54, 1.807) is 11.8 Å². The number of aromatic nitrogens is 2. The third-order valence-corrected chi connectivity index (χ3v) is 5.09. The first-order valence-corrected chi connectivity index (χ1v) is 9.47. The van der Waals surface area contributed by atoms with Crippen molar-refractivity contribution in [3.05, 3.63) is 64.7 Å². The van der Waals surface area contributed by atoms with E-state index >= 15 is 0 Å². The van der Waals surface area contributed by atoms with Gasteiger partial charge in [0.1, 0.15) is 12.4 Å². The van der Waals surface area contributed by atoms with Gasteiger partial charge in [-0.1, -0.05) is 17.8 Å². The maximum atomic E-state index is 10.7. The van der Waals surface area contributed by atoms with Crippen molar-refractivity contribution in [3.63, 3.8) is 0 Å². The molecule has 1 aromatic carbocycles. The predicted molar refractivity (Wildman–Crippen MR) is 111 cm³/mol. The maximum Gasteiger partial charge on any atom is 0.129 e. The van der Waals surface area contributed by atoms with Crippen LogP contribution in [-0.4, -0.2) is 29.9 Å². The van der Waals surface area contributed by atoms with Crippen molar-refractivity contribution < 1.29 is 0 Å². The molecule has 134 valence electrons. The molecule has 26 heavy (non-hydrogen) atoms. The Bertz CT molecular complexity index is 991. The van der Waals surface area contributed by atoms with Crippen LogP contribution in [0.25, 0.3) is 16.5 Å². The number of thioether (sulfide) groups is 1. The highest BCUT2D eigenvalue weighted by molar-refractivity contribution is 7.98. The smallest absolute Gasteiger partial charge is 0.129 e. The van der Waals surface area contributed by atoms with Gasteiger partial charge in [-0.3, -0.25) is 0 Å². The van der Waals surface area contributed by atoms with E-state index in [0.29, 0.717) is 0 Å². The van der Waals surface area contributed by atoms with Gasteiger partial charge in [-0.15, -0.1) is 11.8 Å². The van der Waals surface area contributed by atoms with Crippen molar-refractivity contribution in [1.82, 2.24) is 9.55 Å². The molecule has 0 radical (unpaired) electrons. The molecule has 0 aliphatic carbocycles. The summed E-state index contributed by atoms with van der Waals surface area (Å²) in [6.45, 7) is 4.48. The van der Waals surface area contributed by atoms with Crippen LogP contribution in [0.3, 0.4) is 0 Å². The lowest BCUT2D eigenvalue weighted by atomic mass is 9.98. The highest BCUT2D eigenvalue weighted by Crippen LogP contribution is 2.31. The van der Waals surface area contributed by atoms with Crippen molar-refractivity contribution in [2.24, 2.45) is 12.2 Å². The van der Waals surface area contributed by atoms with Crippen molar-refractivity contribution in [1.29, 1.82) is 0 Å². The van der Waals surface area contributed by atoms with Gasteiger partial charge < -0.3 is 9.47 Å². The molecule has 0 atom stereocenters. The average molecular weight is 366 g/mol. The SMILES string of the molecule is C=C(c1cc(SC)nc(N(C)C)c1)c1ccc2c(c1)c(CN=O)cn2C. The van der Waals surface area contributed by atoms with Crippen molar-refractivity contribution in [3.8, 4) is 0 Å². The summed E-state index contributed by atoms with van der Waals surface area (Å²) in [5.41, 5.74) is 5.01. The van der Waals surface area contributed by atoms with E-state index in [9.17, 15) is 4.91 Å². The van der Waals surface area contributed by atoms with E-state index in [2.05, 4.69) is 41.0 Å². The highest BCUT2D eigenvalue weighted by atomic mass is 32.2. The average Bonchev–Trinajstić information content (AvgIpc) is 2.96. The molecular formula is C20H22N4OS. The molecule has 5 nitrogen and oxygen atoms in total. The van der Waals surface area contributed by atoms with E-state index in [1.807, 2.05) is 49.1 Å². The zero-order chi connectivity index (χ0) is 18.8. The molecule has 3 rings (SSSR count). The molecule has 2 aromatic heterocycles. The van der Waals surface area contributed by atoms with E-state index in [1.165, 1.54) is 0 Å². The molecule has 0 amide bonds. The summed E-state index contributed by atoms with van der Waals surface area (Å²) in [6, 6.07) is 10.3. The Morgan fingerprint density at radius 1 is 1.27 bits per heavy atom. The Kier molecular flexibility index (Phi) is 5.13. The first-order chi connectivity index (χ1) is 12.4. The number of nitrogens with zero attached hydrogens (tertiary/aromatic N) is 4. The Morgan fingerprint density at radius 2 is 2.04 bits per heavy atom. The Morgan fingerprint density at radius 3 is 2.69 bits per heavy atom. The number of pyridine rings is 1. The highest BCUT2D eigenvalue weighted by Gasteiger charge is 2.12. The summed E-state index contributed by atoms with van der Waals surface area (Å²) in [5, 5.41) is 5.05. The van der Waals surface area contributed by atoms with Crippen molar-refractivity contribution in [2.75, 3.05) is 25.3 Å². The fraction of sp³-hybridized carbons (Fsp3) is 0.250. The van der Waals surface area contributed by atoms with E-state index in [4.69, 9.17) is 0 Å². The Balaban J connectivity index is 2.09. The minimum Gasteiger partial charge on any atom is -0.363 e. The van der Waals surface area contributed by atoms with E-state index in [-0.39, 0.29) is 6.54 Å². The fourth-order valence-electron chi connectivity index (χ4n) is 3.02. The second kappa shape index (κ2) is 7.33. The maximum absolute atomic E-state index is 10.7. The summed E-state index contributed by atoms with van der Waals surface area (Å²) in [5.74, 6) is 0.902. The number of aryl methyl sites for hydroxylation is 1. The van der Waals surface area contributed by atoms with E-state index < -0.39 is 0 Å². The first-order valence-electron chi connectivity index (χ1n) is 8.24. The van der Waals surface area contributed by atoms with Gasteiger partial charge >= 0.3 is 0 Å². The lowest BCUT2D eigenvalue weighted by Gasteiger charge is -2.15. The van der Waals surface area contributed by atoms with Gasteiger partial charge in [-0.05, 0) is 47.2 Å². The van der Waals surface area contributed by atoms with Crippen LogP contribution in [0.2, 0.25) is 0 Å². The molecule has 0 fully saturated rings. The lowest BCUT2D eigenvalue weighted by Crippen LogP contribution is -2.11. The summed E-state index contributed by atoms with van der Waals surface area (Å²) in [4.78, 5) is 17.4. The number of hydrogen-bond acceptors (Lipinski definition) is 5. The van der Waals surface area contributed by atoms with Crippen molar-refractivity contribution >= 4 is 34.1 Å². The van der Waals surface area contributed by atoms with Gasteiger partial charge in [0.05, 0.1) is 5.03 Å². The van der Waals surface area contributed by atoms with Crippen LogP contribution in [0.15, 0.2) is 53.3 Å². The zero-order valence-corrected chi connectivity index (χ0v) is 16.3. The van der Waals surface area contributed by atoms with Crippen LogP contribution in [-0.2, 0) is 13.6 Å². The van der Waals surface area contributed by atoms with Gasteiger partial charge in [0, 0.05) is 43.8 Å². The van der Waals surface area contributed by atoms with Crippen LogP contribution in [0.1, 0.15) is 16.7 Å². The standard InChI is InChI=1S/C20H22N4OS/c1-13(15-9-19(23(2)3)22-20(10-15)26-5)14-6-7-18-17(8-14)16(11-21-25)12-24(18)4/h6-10,12H,1,11H2,2-5H3. The lowest BCUT2D eigenvalue weighted by molar-refractivity contribution is 0.947. The summed E-state index contributed by atoms with van der Waals surface area (Å²) in [6.07, 6.45) is 3.98. The molecule has 0 bridgehead atoms. The molecule has 0 aliphatic heterocycles. The quantitative estimate of drug-likeness (QED) is 0.469. The second-order valence-corrected chi connectivity index (χ2v) is 7.24. The minimum atomic E-state index is 0.171. The molecule has 3 aromatic rings. The monoisotopic (exact) mass is 366 g/mol. The Labute approximate surface area is 157 Å². The molecule has 0 unspecified atom stereocenters. The molecule has 2 heterocycles. The number of anilines is 1. The van der Waals surface area contributed by atoms with Gasteiger partial charge in [0.25, 0.3) is 0 Å². The molecule has 0 saturated heterocycles. The molecule has 0 N–H and O–H groups in total. The zero-order valence-electron chi connectivity index (χ0n) is 15.5. The van der Waals surface area contributed by atoms with Crippen LogP contribution >= 0.6 is 11.8 Å². The fourth-order valence-corrected chi connectivity index (χ4v) is 3.45. The number of rotatable bonds is 6. The normalized spacial score (nSPS) is 10.9.